The number of aliphatic hydroxyl groups excluding tert-OH is 1. The molecule has 1 N–H and O–H groups in total. The summed E-state index contributed by atoms with van der Waals surface area (Å²) in [5, 5.41) is 10.7. The predicted octanol–water partition coefficient (Wildman–Crippen LogP) is 0.252. The van der Waals surface area contributed by atoms with Crippen LogP contribution in [0.3, 0.4) is 0 Å². The van der Waals surface area contributed by atoms with E-state index in [1.807, 2.05) is 0 Å². The largest absolute Gasteiger partial charge is 0.463 e. The molecule has 1 aromatic rings. The first-order valence-electron chi connectivity index (χ1n) is 14.9. The van der Waals surface area contributed by atoms with E-state index in [4.69, 9.17) is 47.4 Å². The molecule has 0 bridgehead atoms. The van der Waals surface area contributed by atoms with E-state index < -0.39 is 110 Å². The summed E-state index contributed by atoms with van der Waals surface area (Å²) in [5.74, 6) is -4.76. The molecular weight excluding hydrogens is 644 g/mol. The fourth-order valence-electron chi connectivity index (χ4n) is 5.12. The fourth-order valence-corrected chi connectivity index (χ4v) is 5.12. The molecule has 17 heteroatoms. The molecule has 0 spiro atoms. The van der Waals surface area contributed by atoms with Gasteiger partial charge in [0.1, 0.15) is 37.6 Å². The number of ether oxygens (including phenoxy) is 10. The zero-order valence-corrected chi connectivity index (χ0v) is 27.3. The van der Waals surface area contributed by atoms with Crippen molar-refractivity contribution in [2.24, 2.45) is 0 Å². The third-order valence-corrected chi connectivity index (χ3v) is 6.89. The van der Waals surface area contributed by atoms with Crippen LogP contribution in [0.15, 0.2) is 30.3 Å². The molecule has 0 aromatic heterocycles. The number of carbonyl (C=O) groups is 6. The molecule has 2 aliphatic rings. The normalized spacial score (nSPS) is 29.9. The molecule has 48 heavy (non-hydrogen) atoms. The second kappa shape index (κ2) is 17.8. The van der Waals surface area contributed by atoms with E-state index in [2.05, 4.69) is 0 Å². The maximum absolute atomic E-state index is 12.4. The van der Waals surface area contributed by atoms with Crippen molar-refractivity contribution >= 4 is 35.8 Å². The van der Waals surface area contributed by atoms with Gasteiger partial charge < -0.3 is 52.5 Å². The molecular formula is C31H40O17. The molecule has 2 heterocycles. The molecule has 2 saturated heterocycles. The first kappa shape index (κ1) is 38.3. The van der Waals surface area contributed by atoms with E-state index >= 15 is 0 Å². The molecule has 0 saturated carbocycles. The Kier molecular flexibility index (Phi) is 14.2. The maximum Gasteiger partial charge on any atom is 0.303 e. The van der Waals surface area contributed by atoms with Crippen LogP contribution in [0.2, 0.25) is 0 Å². The number of aliphatic hydroxyl groups is 1. The first-order valence-corrected chi connectivity index (χ1v) is 14.9. The lowest BCUT2D eigenvalue weighted by Gasteiger charge is -2.48. The Morgan fingerprint density at radius 3 is 1.54 bits per heavy atom. The summed E-state index contributed by atoms with van der Waals surface area (Å²) >= 11 is 0. The van der Waals surface area contributed by atoms with Gasteiger partial charge in [0.15, 0.2) is 37.0 Å². The third kappa shape index (κ3) is 11.2. The summed E-state index contributed by atoms with van der Waals surface area (Å²) in [4.78, 5) is 72.4. The minimum atomic E-state index is -1.87. The van der Waals surface area contributed by atoms with Crippen molar-refractivity contribution in [2.75, 3.05) is 13.2 Å². The van der Waals surface area contributed by atoms with Gasteiger partial charge in [0.2, 0.25) is 0 Å². The average Bonchev–Trinajstić information content (AvgIpc) is 2.98. The van der Waals surface area contributed by atoms with Crippen molar-refractivity contribution in [3.8, 4) is 0 Å². The van der Waals surface area contributed by atoms with Crippen LogP contribution in [0.1, 0.15) is 47.1 Å². The zero-order chi connectivity index (χ0) is 35.5. The molecule has 266 valence electrons. The van der Waals surface area contributed by atoms with Crippen molar-refractivity contribution in [2.45, 2.75) is 110 Å². The second-order valence-corrected chi connectivity index (χ2v) is 10.9. The molecule has 10 atom stereocenters. The van der Waals surface area contributed by atoms with Gasteiger partial charge in [-0.2, -0.15) is 0 Å². The summed E-state index contributed by atoms with van der Waals surface area (Å²) in [5.41, 5.74) is 0.675. The maximum atomic E-state index is 12.4. The number of esters is 6. The van der Waals surface area contributed by atoms with Gasteiger partial charge in [-0.05, 0) is 5.56 Å². The van der Waals surface area contributed by atoms with E-state index in [9.17, 15) is 33.9 Å². The van der Waals surface area contributed by atoms with Gasteiger partial charge >= 0.3 is 35.8 Å². The molecule has 2 aliphatic heterocycles. The number of benzene rings is 1. The second-order valence-electron chi connectivity index (χ2n) is 10.9. The third-order valence-electron chi connectivity index (χ3n) is 6.89. The Hall–Kier alpha value is -4.16. The van der Waals surface area contributed by atoms with Crippen molar-refractivity contribution in [3.05, 3.63) is 35.9 Å². The van der Waals surface area contributed by atoms with Gasteiger partial charge in [-0.25, -0.2) is 0 Å². The van der Waals surface area contributed by atoms with Gasteiger partial charge in [-0.3, -0.25) is 28.8 Å². The van der Waals surface area contributed by atoms with Gasteiger partial charge in [0, 0.05) is 41.5 Å². The van der Waals surface area contributed by atoms with E-state index in [1.54, 1.807) is 30.3 Å². The Labute approximate surface area is 275 Å². The fraction of sp³-hybridized carbons (Fsp3) is 0.613. The highest BCUT2D eigenvalue weighted by molar-refractivity contribution is 5.68. The lowest BCUT2D eigenvalue weighted by molar-refractivity contribution is -0.361. The Bertz CT molecular complexity index is 1280. The topological polar surface area (TPSA) is 215 Å². The number of hydrogen-bond acceptors (Lipinski definition) is 17. The summed E-state index contributed by atoms with van der Waals surface area (Å²) in [6, 6.07) is 8.80. The Morgan fingerprint density at radius 2 is 1.04 bits per heavy atom. The van der Waals surface area contributed by atoms with Gasteiger partial charge in [-0.1, -0.05) is 30.3 Å². The van der Waals surface area contributed by atoms with E-state index in [1.165, 1.54) is 0 Å². The highest BCUT2D eigenvalue weighted by atomic mass is 16.8. The molecule has 3 rings (SSSR count). The van der Waals surface area contributed by atoms with E-state index in [0.29, 0.717) is 5.56 Å². The lowest BCUT2D eigenvalue weighted by Crippen LogP contribution is -2.67. The SMILES string of the molecule is CC(=O)OC[C@H]1O[C@@H](O[C@H]2[C@H](OC(C)=O)[C@@H](OC(C)=O)C(O)O[C@@H]2COC(C)=O)[C@@H](OCc2ccccc2)[C@@H](OC(C)=O)[C@@H]1OC(C)=O. The van der Waals surface area contributed by atoms with Crippen LogP contribution in [-0.4, -0.2) is 116 Å². The zero-order valence-electron chi connectivity index (χ0n) is 27.3. The molecule has 2 fully saturated rings. The Balaban J connectivity index is 2.13. The van der Waals surface area contributed by atoms with Crippen LogP contribution in [0.4, 0.5) is 0 Å². The number of rotatable bonds is 13. The van der Waals surface area contributed by atoms with Gasteiger partial charge in [-0.15, -0.1) is 0 Å². The first-order chi connectivity index (χ1) is 22.7. The highest BCUT2D eigenvalue weighted by Gasteiger charge is 2.56. The van der Waals surface area contributed by atoms with Crippen LogP contribution in [0.25, 0.3) is 0 Å². The summed E-state index contributed by atoms with van der Waals surface area (Å²) in [6.45, 7) is 5.44. The van der Waals surface area contributed by atoms with Crippen LogP contribution in [0, 0.1) is 0 Å². The minimum Gasteiger partial charge on any atom is -0.463 e. The van der Waals surface area contributed by atoms with Crippen LogP contribution >= 0.6 is 0 Å². The quantitative estimate of drug-likeness (QED) is 0.218. The molecule has 0 radical (unpaired) electrons. The average molecular weight is 685 g/mol. The van der Waals surface area contributed by atoms with Gasteiger partial charge in [0.25, 0.3) is 0 Å². The summed E-state index contributed by atoms with van der Waals surface area (Å²) < 4.78 is 56.4. The van der Waals surface area contributed by atoms with Crippen LogP contribution in [0.5, 0.6) is 0 Å². The van der Waals surface area contributed by atoms with Crippen LogP contribution in [-0.2, 0) is 82.7 Å². The Morgan fingerprint density at radius 1 is 0.583 bits per heavy atom. The predicted molar refractivity (Wildman–Crippen MR) is 155 cm³/mol. The lowest BCUT2D eigenvalue weighted by atomic mass is 9.96. The summed E-state index contributed by atoms with van der Waals surface area (Å²) in [7, 11) is 0. The summed E-state index contributed by atoms with van der Waals surface area (Å²) in [6.07, 6.45) is -15.1. The molecule has 0 aliphatic carbocycles. The number of hydrogen-bond donors (Lipinski definition) is 1. The molecule has 17 nitrogen and oxygen atoms in total. The molecule has 1 unspecified atom stereocenters. The van der Waals surface area contributed by atoms with Crippen LogP contribution < -0.4 is 0 Å². The molecule has 1 aromatic carbocycles. The van der Waals surface area contributed by atoms with Crippen molar-refractivity contribution < 1.29 is 81.2 Å². The highest BCUT2D eigenvalue weighted by Crippen LogP contribution is 2.35. The number of carbonyl (C=O) groups excluding carboxylic acids is 6. The van der Waals surface area contributed by atoms with Gasteiger partial charge in [0.05, 0.1) is 6.61 Å². The monoisotopic (exact) mass is 684 g/mol. The van der Waals surface area contributed by atoms with Crippen molar-refractivity contribution in [1.29, 1.82) is 0 Å². The standard InChI is InChI=1S/C31H40O17/c1-15(32)39-13-22-25(26(43-18(4)35)28(30(38)46-22)45-20(6)37)48-31-29(41-12-21-10-8-7-9-11-21)27(44-19(5)36)24(42-17(3)34)23(47-31)14-40-16(2)33/h7-11,22-31,38H,12-14H2,1-6H3/t22-,23-,24-,25-,26+,27+,28-,29+,30?,31+/m1/s1. The minimum absolute atomic E-state index is 0.103. The van der Waals surface area contributed by atoms with Crippen molar-refractivity contribution in [1.82, 2.24) is 0 Å². The molecule has 0 amide bonds. The van der Waals surface area contributed by atoms with Crippen molar-refractivity contribution in [3.63, 3.8) is 0 Å². The van der Waals surface area contributed by atoms with E-state index in [-0.39, 0.29) is 6.61 Å². The van der Waals surface area contributed by atoms with E-state index in [0.717, 1.165) is 41.5 Å². The smallest absolute Gasteiger partial charge is 0.303 e.